The molecule has 0 saturated heterocycles. The van der Waals surface area contributed by atoms with E-state index in [9.17, 15) is 13.2 Å². The first-order chi connectivity index (χ1) is 14.7. The van der Waals surface area contributed by atoms with Crippen LogP contribution in [0.25, 0.3) is 5.69 Å². The number of benzene rings is 2. The first-order valence-corrected chi connectivity index (χ1v) is 12.3. The molecule has 31 heavy (non-hydrogen) atoms. The molecule has 0 bridgehead atoms. The van der Waals surface area contributed by atoms with Gasteiger partial charge >= 0.3 is 0 Å². The van der Waals surface area contributed by atoms with E-state index in [2.05, 4.69) is 15.5 Å². The molecule has 1 aliphatic carbocycles. The maximum atomic E-state index is 12.6. The first-order valence-electron chi connectivity index (χ1n) is 9.81. The van der Waals surface area contributed by atoms with Crippen LogP contribution in [0.2, 0.25) is 0 Å². The molecule has 0 unspecified atom stereocenters. The molecule has 1 aliphatic rings. The zero-order valence-corrected chi connectivity index (χ0v) is 18.8. The molecule has 0 aliphatic heterocycles. The van der Waals surface area contributed by atoms with E-state index < -0.39 is 10.0 Å². The number of carbonyl (C=O) groups is 1. The van der Waals surface area contributed by atoms with Gasteiger partial charge in [-0.3, -0.25) is 9.36 Å². The number of sulfonamides is 1. The average Bonchev–Trinajstić information content (AvgIpc) is 3.48. The Morgan fingerprint density at radius 1 is 1.19 bits per heavy atom. The van der Waals surface area contributed by atoms with Gasteiger partial charge < -0.3 is 5.32 Å². The van der Waals surface area contributed by atoms with Crippen molar-refractivity contribution in [2.75, 3.05) is 11.1 Å². The lowest BCUT2D eigenvalue weighted by Crippen LogP contribution is -2.18. The number of nitrogens with two attached hydrogens (primary N) is 1. The van der Waals surface area contributed by atoms with E-state index in [0.29, 0.717) is 16.8 Å². The van der Waals surface area contributed by atoms with Gasteiger partial charge in [0.05, 0.1) is 10.6 Å². The van der Waals surface area contributed by atoms with Gasteiger partial charge in [0.25, 0.3) is 0 Å². The van der Waals surface area contributed by atoms with Crippen LogP contribution in [0.15, 0.2) is 52.5 Å². The Hall–Kier alpha value is -2.69. The van der Waals surface area contributed by atoms with Gasteiger partial charge in [-0.25, -0.2) is 13.6 Å². The molecule has 1 amide bonds. The normalized spacial score (nSPS) is 13.9. The molecule has 0 radical (unpaired) electrons. The molecule has 4 rings (SSSR count). The van der Waals surface area contributed by atoms with Crippen LogP contribution in [0, 0.1) is 13.8 Å². The van der Waals surface area contributed by atoms with Crippen molar-refractivity contribution in [3.8, 4) is 5.69 Å². The van der Waals surface area contributed by atoms with Gasteiger partial charge in [-0.15, -0.1) is 10.2 Å². The Morgan fingerprint density at radius 3 is 2.55 bits per heavy atom. The fourth-order valence-corrected chi connectivity index (χ4v) is 4.62. The second-order valence-corrected chi connectivity index (χ2v) is 10.1. The Kier molecular flexibility index (Phi) is 5.87. The van der Waals surface area contributed by atoms with Gasteiger partial charge in [0.2, 0.25) is 15.9 Å². The number of anilines is 1. The number of carbonyl (C=O) groups excluding carboxylic acids is 1. The average molecular weight is 458 g/mol. The monoisotopic (exact) mass is 457 g/mol. The van der Waals surface area contributed by atoms with Crippen LogP contribution in [0.4, 0.5) is 5.69 Å². The van der Waals surface area contributed by atoms with Gasteiger partial charge in [-0.05, 0) is 62.1 Å². The van der Waals surface area contributed by atoms with Crippen molar-refractivity contribution in [3.05, 3.63) is 59.4 Å². The van der Waals surface area contributed by atoms with E-state index in [4.69, 9.17) is 5.14 Å². The van der Waals surface area contributed by atoms with Crippen LogP contribution in [0.1, 0.15) is 35.7 Å². The minimum atomic E-state index is -3.87. The van der Waals surface area contributed by atoms with E-state index >= 15 is 0 Å². The molecule has 0 atom stereocenters. The summed E-state index contributed by atoms with van der Waals surface area (Å²) in [5.41, 5.74) is 2.91. The molecular formula is C21H23N5O3S2. The number of rotatable bonds is 7. The van der Waals surface area contributed by atoms with Gasteiger partial charge in [-0.1, -0.05) is 30.0 Å². The predicted molar refractivity (Wildman–Crippen MR) is 120 cm³/mol. The number of primary sulfonamides is 1. The van der Waals surface area contributed by atoms with Gasteiger partial charge in [0, 0.05) is 17.3 Å². The Balaban J connectivity index is 1.52. The van der Waals surface area contributed by atoms with Crippen molar-refractivity contribution in [2.45, 2.75) is 42.7 Å². The number of aryl methyl sites for hydroxylation is 1. The highest BCUT2D eigenvalue weighted by Gasteiger charge is 2.31. The lowest BCUT2D eigenvalue weighted by molar-refractivity contribution is -0.113. The molecule has 3 aromatic rings. The maximum Gasteiger partial charge on any atom is 0.238 e. The van der Waals surface area contributed by atoms with Crippen LogP contribution in [0.3, 0.4) is 0 Å². The Labute approximate surface area is 185 Å². The van der Waals surface area contributed by atoms with E-state index in [-0.39, 0.29) is 16.6 Å². The topological polar surface area (TPSA) is 120 Å². The summed E-state index contributed by atoms with van der Waals surface area (Å²) < 4.78 is 25.5. The van der Waals surface area contributed by atoms with E-state index in [1.54, 1.807) is 6.92 Å². The molecule has 1 fully saturated rings. The highest BCUT2D eigenvalue weighted by molar-refractivity contribution is 7.99. The number of para-hydroxylation sites is 1. The zero-order chi connectivity index (χ0) is 22.2. The van der Waals surface area contributed by atoms with Crippen molar-refractivity contribution in [1.82, 2.24) is 14.8 Å². The van der Waals surface area contributed by atoms with Crippen molar-refractivity contribution in [3.63, 3.8) is 0 Å². The summed E-state index contributed by atoms with van der Waals surface area (Å²) in [5.74, 6) is 1.16. The lowest BCUT2D eigenvalue weighted by Gasteiger charge is -2.13. The number of thioether (sulfide) groups is 1. The van der Waals surface area contributed by atoms with Gasteiger partial charge in [-0.2, -0.15) is 0 Å². The second kappa shape index (κ2) is 8.45. The standard InChI is InChI=1S/C21H23N5O3S2/c1-13-10-17(31(22,28)29)11-18(14(13)2)23-19(27)12-30-21-25-24-20(15-8-9-15)26(21)16-6-4-3-5-7-16/h3-7,10-11,15H,8-9,12H2,1-2H3,(H,23,27)(H2,22,28,29). The first kappa shape index (κ1) is 21.5. The summed E-state index contributed by atoms with van der Waals surface area (Å²) >= 11 is 1.29. The van der Waals surface area contributed by atoms with Crippen LogP contribution in [0.5, 0.6) is 0 Å². The highest BCUT2D eigenvalue weighted by Crippen LogP contribution is 2.41. The van der Waals surface area contributed by atoms with Gasteiger partial charge in [0.15, 0.2) is 5.16 Å². The minimum Gasteiger partial charge on any atom is -0.325 e. The summed E-state index contributed by atoms with van der Waals surface area (Å²) in [6.07, 6.45) is 2.18. The third kappa shape index (κ3) is 4.81. The molecule has 1 aromatic heterocycles. The molecule has 10 heteroatoms. The van der Waals surface area contributed by atoms with E-state index in [0.717, 1.165) is 35.5 Å². The van der Waals surface area contributed by atoms with E-state index in [1.165, 1.54) is 23.9 Å². The Bertz CT molecular complexity index is 1240. The summed E-state index contributed by atoms with van der Waals surface area (Å²) in [6.45, 7) is 3.59. The summed E-state index contributed by atoms with van der Waals surface area (Å²) in [6, 6.07) is 12.7. The summed E-state index contributed by atoms with van der Waals surface area (Å²) in [7, 11) is -3.87. The highest BCUT2D eigenvalue weighted by atomic mass is 32.2. The van der Waals surface area contributed by atoms with Gasteiger partial charge in [0.1, 0.15) is 5.82 Å². The zero-order valence-electron chi connectivity index (χ0n) is 17.2. The van der Waals surface area contributed by atoms with Crippen molar-refractivity contribution < 1.29 is 13.2 Å². The number of aromatic nitrogens is 3. The van der Waals surface area contributed by atoms with Crippen LogP contribution in [-0.4, -0.2) is 34.8 Å². The minimum absolute atomic E-state index is 0.0311. The van der Waals surface area contributed by atoms with E-state index in [1.807, 2.05) is 41.8 Å². The molecule has 162 valence electrons. The predicted octanol–water partition coefficient (Wildman–Crippen LogP) is 3.14. The lowest BCUT2D eigenvalue weighted by atomic mass is 10.1. The number of nitrogens with zero attached hydrogens (tertiary/aromatic N) is 3. The van der Waals surface area contributed by atoms with Crippen molar-refractivity contribution >= 4 is 33.4 Å². The van der Waals surface area contributed by atoms with Crippen LogP contribution in [-0.2, 0) is 14.8 Å². The summed E-state index contributed by atoms with van der Waals surface area (Å²) in [4.78, 5) is 12.6. The molecule has 0 spiro atoms. The Morgan fingerprint density at radius 2 is 1.90 bits per heavy atom. The SMILES string of the molecule is Cc1cc(S(N)(=O)=O)cc(NC(=O)CSc2nnc(C3CC3)n2-c2ccccc2)c1C. The molecule has 1 saturated carbocycles. The number of hydrogen-bond donors (Lipinski definition) is 2. The van der Waals surface area contributed by atoms with Crippen LogP contribution >= 0.6 is 11.8 Å². The quantitative estimate of drug-likeness (QED) is 0.526. The second-order valence-electron chi connectivity index (χ2n) is 7.58. The molecular weight excluding hydrogens is 434 g/mol. The van der Waals surface area contributed by atoms with Crippen LogP contribution < -0.4 is 10.5 Å². The maximum absolute atomic E-state index is 12.6. The third-order valence-electron chi connectivity index (χ3n) is 5.19. The fraction of sp³-hybridized carbons (Fsp3) is 0.286. The number of nitrogens with one attached hydrogen (secondary N) is 1. The molecule has 8 nitrogen and oxygen atoms in total. The molecule has 1 heterocycles. The largest absolute Gasteiger partial charge is 0.325 e. The number of amides is 1. The van der Waals surface area contributed by atoms with Crippen molar-refractivity contribution in [2.24, 2.45) is 5.14 Å². The number of hydrogen-bond acceptors (Lipinski definition) is 6. The molecule has 2 aromatic carbocycles. The molecule has 3 N–H and O–H groups in total. The smallest absolute Gasteiger partial charge is 0.238 e. The summed E-state index contributed by atoms with van der Waals surface area (Å²) in [5, 5.41) is 17.4. The van der Waals surface area contributed by atoms with Crippen molar-refractivity contribution in [1.29, 1.82) is 0 Å². The third-order valence-corrected chi connectivity index (χ3v) is 7.01. The fourth-order valence-electron chi connectivity index (χ4n) is 3.24.